The zero-order valence-electron chi connectivity index (χ0n) is 11.8. The SMILES string of the molecule is CCS(=O)(=O)NCCCNc1ccnc2c(Br)cccc12. The molecule has 0 saturated heterocycles. The number of hydrogen-bond acceptors (Lipinski definition) is 4. The van der Waals surface area contributed by atoms with Crippen LogP contribution in [0.5, 0.6) is 0 Å². The Hall–Kier alpha value is -1.18. The number of anilines is 1. The average Bonchev–Trinajstić information content (AvgIpc) is 2.48. The Morgan fingerprint density at radius 2 is 2.05 bits per heavy atom. The van der Waals surface area contributed by atoms with E-state index in [9.17, 15) is 8.42 Å². The number of nitrogens with one attached hydrogen (secondary N) is 2. The number of para-hydroxylation sites is 1. The highest BCUT2D eigenvalue weighted by molar-refractivity contribution is 9.10. The van der Waals surface area contributed by atoms with E-state index in [1.165, 1.54) is 0 Å². The minimum atomic E-state index is -3.10. The highest BCUT2D eigenvalue weighted by atomic mass is 79.9. The van der Waals surface area contributed by atoms with E-state index in [4.69, 9.17) is 0 Å². The van der Waals surface area contributed by atoms with Crippen LogP contribution in [0.2, 0.25) is 0 Å². The lowest BCUT2D eigenvalue weighted by Crippen LogP contribution is -2.27. The Bertz CT molecular complexity index is 719. The Morgan fingerprint density at radius 1 is 1.24 bits per heavy atom. The van der Waals surface area contributed by atoms with Gasteiger partial charge in [0.2, 0.25) is 10.0 Å². The summed E-state index contributed by atoms with van der Waals surface area (Å²) in [6.45, 7) is 2.76. The second-order valence-electron chi connectivity index (χ2n) is 4.57. The molecule has 0 spiro atoms. The lowest BCUT2D eigenvalue weighted by molar-refractivity contribution is 0.581. The molecule has 7 heteroatoms. The van der Waals surface area contributed by atoms with Gasteiger partial charge in [-0.2, -0.15) is 0 Å². The zero-order valence-corrected chi connectivity index (χ0v) is 14.2. The third kappa shape index (κ3) is 4.39. The Labute approximate surface area is 133 Å². The molecule has 0 aliphatic carbocycles. The summed E-state index contributed by atoms with van der Waals surface area (Å²) in [6.07, 6.45) is 2.48. The number of pyridine rings is 1. The molecular weight excluding hydrogens is 354 g/mol. The third-order valence-corrected chi connectivity index (χ3v) is 5.14. The van der Waals surface area contributed by atoms with Gasteiger partial charge >= 0.3 is 0 Å². The van der Waals surface area contributed by atoms with Crippen LogP contribution >= 0.6 is 15.9 Å². The van der Waals surface area contributed by atoms with E-state index in [2.05, 4.69) is 31.0 Å². The molecule has 21 heavy (non-hydrogen) atoms. The number of aromatic nitrogens is 1. The summed E-state index contributed by atoms with van der Waals surface area (Å²) >= 11 is 3.49. The molecule has 0 aliphatic heterocycles. The van der Waals surface area contributed by atoms with E-state index in [1.807, 2.05) is 24.3 Å². The summed E-state index contributed by atoms with van der Waals surface area (Å²) in [5.74, 6) is 0.115. The quantitative estimate of drug-likeness (QED) is 0.734. The lowest BCUT2D eigenvalue weighted by Gasteiger charge is -2.10. The molecule has 0 amide bonds. The second kappa shape index (κ2) is 7.20. The molecule has 114 valence electrons. The standard InChI is InChI=1S/C14H18BrN3O2S/c1-2-21(19,20)18-9-4-8-16-13-7-10-17-14-11(13)5-3-6-12(14)15/h3,5-7,10,18H,2,4,8-9H2,1H3,(H,16,17). The van der Waals surface area contributed by atoms with Crippen LogP contribution in [0.1, 0.15) is 13.3 Å². The minimum absolute atomic E-state index is 0.115. The maximum atomic E-state index is 11.3. The van der Waals surface area contributed by atoms with Gasteiger partial charge < -0.3 is 5.32 Å². The van der Waals surface area contributed by atoms with Crippen molar-refractivity contribution in [1.82, 2.24) is 9.71 Å². The average molecular weight is 372 g/mol. The Kier molecular flexibility index (Phi) is 5.55. The largest absolute Gasteiger partial charge is 0.384 e. The predicted octanol–water partition coefficient (Wildman–Crippen LogP) is 2.74. The van der Waals surface area contributed by atoms with E-state index in [-0.39, 0.29) is 5.75 Å². The number of rotatable bonds is 7. The van der Waals surface area contributed by atoms with Gasteiger partial charge in [-0.25, -0.2) is 13.1 Å². The maximum absolute atomic E-state index is 11.3. The van der Waals surface area contributed by atoms with Crippen molar-refractivity contribution in [2.45, 2.75) is 13.3 Å². The van der Waals surface area contributed by atoms with Gasteiger partial charge in [0.1, 0.15) is 0 Å². The van der Waals surface area contributed by atoms with Gasteiger partial charge in [-0.15, -0.1) is 0 Å². The topological polar surface area (TPSA) is 71.1 Å². The fourth-order valence-corrected chi connectivity index (χ4v) is 3.06. The van der Waals surface area contributed by atoms with E-state index in [0.29, 0.717) is 13.1 Å². The van der Waals surface area contributed by atoms with Crippen molar-refractivity contribution in [2.24, 2.45) is 0 Å². The zero-order chi connectivity index (χ0) is 15.3. The van der Waals surface area contributed by atoms with Crippen LogP contribution in [0.4, 0.5) is 5.69 Å². The monoisotopic (exact) mass is 371 g/mol. The maximum Gasteiger partial charge on any atom is 0.211 e. The van der Waals surface area contributed by atoms with E-state index >= 15 is 0 Å². The van der Waals surface area contributed by atoms with Crippen LogP contribution in [-0.4, -0.2) is 32.2 Å². The molecule has 2 N–H and O–H groups in total. The highest BCUT2D eigenvalue weighted by Gasteiger charge is 2.06. The van der Waals surface area contributed by atoms with Crippen LogP contribution in [0.3, 0.4) is 0 Å². The molecule has 0 unspecified atom stereocenters. The van der Waals surface area contributed by atoms with Gasteiger partial charge in [0.25, 0.3) is 0 Å². The molecule has 2 rings (SSSR count). The van der Waals surface area contributed by atoms with Crippen LogP contribution in [0.15, 0.2) is 34.9 Å². The Balaban J connectivity index is 1.94. The van der Waals surface area contributed by atoms with Gasteiger partial charge in [-0.1, -0.05) is 12.1 Å². The van der Waals surface area contributed by atoms with E-state index in [0.717, 1.165) is 27.5 Å². The van der Waals surface area contributed by atoms with Crippen LogP contribution in [0.25, 0.3) is 10.9 Å². The molecule has 2 aromatic rings. The van der Waals surface area contributed by atoms with E-state index in [1.54, 1.807) is 13.1 Å². The third-order valence-electron chi connectivity index (χ3n) is 3.09. The molecule has 0 radical (unpaired) electrons. The molecule has 1 heterocycles. The van der Waals surface area contributed by atoms with Gasteiger partial charge in [0, 0.05) is 34.8 Å². The fourth-order valence-electron chi connectivity index (χ4n) is 1.94. The van der Waals surface area contributed by atoms with Crippen molar-refractivity contribution in [3.63, 3.8) is 0 Å². The molecule has 0 aliphatic rings. The molecule has 1 aromatic heterocycles. The Morgan fingerprint density at radius 3 is 2.81 bits per heavy atom. The number of hydrogen-bond donors (Lipinski definition) is 2. The number of fused-ring (bicyclic) bond motifs is 1. The highest BCUT2D eigenvalue weighted by Crippen LogP contribution is 2.27. The summed E-state index contributed by atoms with van der Waals surface area (Å²) in [4.78, 5) is 4.35. The van der Waals surface area contributed by atoms with Crippen LogP contribution in [-0.2, 0) is 10.0 Å². The normalized spacial score (nSPS) is 11.7. The summed E-state index contributed by atoms with van der Waals surface area (Å²) in [6, 6.07) is 7.85. The lowest BCUT2D eigenvalue weighted by atomic mass is 10.2. The first-order valence-corrected chi connectivity index (χ1v) is 9.22. The second-order valence-corrected chi connectivity index (χ2v) is 7.52. The molecule has 0 atom stereocenters. The van der Waals surface area contributed by atoms with Crippen molar-refractivity contribution in [3.8, 4) is 0 Å². The predicted molar refractivity (Wildman–Crippen MR) is 90.0 cm³/mol. The van der Waals surface area contributed by atoms with Gasteiger partial charge in [-0.3, -0.25) is 4.98 Å². The number of benzene rings is 1. The summed E-state index contributed by atoms with van der Waals surface area (Å²) in [5, 5.41) is 4.37. The van der Waals surface area contributed by atoms with Crippen molar-refractivity contribution < 1.29 is 8.42 Å². The van der Waals surface area contributed by atoms with Gasteiger partial charge in [0.05, 0.1) is 11.3 Å². The molecular formula is C14H18BrN3O2S. The number of sulfonamides is 1. The minimum Gasteiger partial charge on any atom is -0.384 e. The number of nitrogens with zero attached hydrogens (tertiary/aromatic N) is 1. The van der Waals surface area contributed by atoms with Gasteiger partial charge in [0.15, 0.2) is 0 Å². The van der Waals surface area contributed by atoms with Crippen molar-refractivity contribution in [1.29, 1.82) is 0 Å². The van der Waals surface area contributed by atoms with Crippen molar-refractivity contribution in [2.75, 3.05) is 24.2 Å². The first-order valence-electron chi connectivity index (χ1n) is 6.78. The fraction of sp³-hybridized carbons (Fsp3) is 0.357. The molecule has 1 aromatic carbocycles. The van der Waals surface area contributed by atoms with Crippen LogP contribution < -0.4 is 10.0 Å². The smallest absolute Gasteiger partial charge is 0.211 e. The summed E-state index contributed by atoms with van der Waals surface area (Å²) in [5.41, 5.74) is 1.91. The molecule has 0 saturated carbocycles. The molecule has 0 fully saturated rings. The summed E-state index contributed by atoms with van der Waals surface area (Å²) in [7, 11) is -3.10. The first-order chi connectivity index (χ1) is 10.0. The van der Waals surface area contributed by atoms with E-state index < -0.39 is 10.0 Å². The first kappa shape index (κ1) is 16.2. The van der Waals surface area contributed by atoms with Crippen LogP contribution in [0, 0.1) is 0 Å². The number of halogens is 1. The van der Waals surface area contributed by atoms with Crippen molar-refractivity contribution >= 4 is 42.5 Å². The molecule has 5 nitrogen and oxygen atoms in total. The van der Waals surface area contributed by atoms with Gasteiger partial charge in [-0.05, 0) is 41.4 Å². The summed E-state index contributed by atoms with van der Waals surface area (Å²) < 4.78 is 26.1. The van der Waals surface area contributed by atoms with Crippen molar-refractivity contribution in [3.05, 3.63) is 34.9 Å². The molecule has 0 bridgehead atoms.